The number of carbonyl (C=O) groups excluding carboxylic acids is 6. The highest BCUT2D eigenvalue weighted by Crippen LogP contribution is 2.38. The second-order valence-corrected chi connectivity index (χ2v) is 18.4. The van der Waals surface area contributed by atoms with Crippen molar-refractivity contribution in [3.05, 3.63) is 120 Å². The monoisotopic (exact) mass is 984 g/mol. The molecule has 0 fully saturated rings. The maximum atomic E-state index is 14.4. The third kappa shape index (κ3) is 11.9. The van der Waals surface area contributed by atoms with E-state index in [1.807, 2.05) is 91.0 Å². The second-order valence-electron chi connectivity index (χ2n) is 18.4. The summed E-state index contributed by atoms with van der Waals surface area (Å²) < 4.78 is 0. The highest BCUT2D eigenvalue weighted by atomic mass is 16.2. The lowest BCUT2D eigenvalue weighted by atomic mass is 9.90. The van der Waals surface area contributed by atoms with Crippen molar-refractivity contribution in [2.45, 2.75) is 76.0 Å². The molecule has 8 aromatic carbocycles. The lowest BCUT2D eigenvalue weighted by Crippen LogP contribution is -2.55. The largest absolute Gasteiger partial charge is 0.370 e. The third-order valence-electron chi connectivity index (χ3n) is 13.3. The molecule has 0 bridgehead atoms. The molecule has 0 aliphatic rings. The molecule has 6 amide bonds. The number of rotatable bonds is 23. The Balaban J connectivity index is 1.03. The fourth-order valence-corrected chi connectivity index (χ4v) is 9.85. The summed E-state index contributed by atoms with van der Waals surface area (Å²) in [5, 5.41) is 26.3. The summed E-state index contributed by atoms with van der Waals surface area (Å²) in [5.74, 6) is -3.82. The maximum absolute atomic E-state index is 14.4. The topological polar surface area (TPSA) is 317 Å². The van der Waals surface area contributed by atoms with Crippen LogP contribution in [-0.4, -0.2) is 91.2 Å². The van der Waals surface area contributed by atoms with Crippen LogP contribution in [0.4, 0.5) is 0 Å². The number of nitrogens with zero attached hydrogens (tertiary/aromatic N) is 2. The van der Waals surface area contributed by atoms with Crippen LogP contribution in [0, 0.1) is 0 Å². The van der Waals surface area contributed by atoms with Crippen LogP contribution >= 0.6 is 0 Å². The van der Waals surface area contributed by atoms with E-state index < -0.39 is 59.6 Å². The van der Waals surface area contributed by atoms with Crippen LogP contribution in [0.3, 0.4) is 0 Å². The predicted octanol–water partition coefficient (Wildman–Crippen LogP) is 3.32. The van der Waals surface area contributed by atoms with Crippen LogP contribution in [0.25, 0.3) is 64.6 Å². The first kappa shape index (κ1) is 50.6. The molecule has 73 heavy (non-hydrogen) atoms. The molecule has 0 aliphatic carbocycles. The molecular formula is C55H60N12O6. The molecule has 4 atom stereocenters. The van der Waals surface area contributed by atoms with Crippen molar-refractivity contribution in [3.8, 4) is 0 Å². The third-order valence-corrected chi connectivity index (χ3v) is 13.3. The quantitative estimate of drug-likeness (QED) is 0.0193. The van der Waals surface area contributed by atoms with Gasteiger partial charge in [-0.25, -0.2) is 0 Å². The summed E-state index contributed by atoms with van der Waals surface area (Å²) in [5.41, 5.74) is 29.3. The highest BCUT2D eigenvalue weighted by molar-refractivity contribution is 6.24. The summed E-state index contributed by atoms with van der Waals surface area (Å²) in [7, 11) is 0. The molecule has 8 rings (SSSR count). The Kier molecular flexibility index (Phi) is 15.6. The molecule has 8 aromatic rings. The van der Waals surface area contributed by atoms with E-state index in [1.54, 1.807) is 0 Å². The molecule has 15 N–H and O–H groups in total. The van der Waals surface area contributed by atoms with Crippen molar-refractivity contribution in [2.75, 3.05) is 19.6 Å². The Bertz CT molecular complexity index is 3390. The van der Waals surface area contributed by atoms with Gasteiger partial charge < -0.3 is 55.3 Å². The Hall–Kier alpha value is -8.80. The number of hydrogen-bond donors (Lipinski definition) is 10. The zero-order valence-electron chi connectivity index (χ0n) is 40.5. The standard InChI is InChI=1S/C55H60N12O6/c1-30(68)64-42(11-5-26-63-55(59)60)52(72)67-43(28-37-18-16-35-14-12-31-6-2-8-33-20-22-39(37)48(35)46(31)33)51(71)61-27-24-45(69)65-44(53(73)66-41(50(56)70)10-4-25-62-54(57)58)29-38-19-17-36-15-13-32-7-3-9-34-21-23-40(38)49(36)47(32)34/h2-3,6-9,12-23,41-44H,4-5,10-11,24-29H2,1H3,(H2,56,70)(H,61,71)(H,64,68)(H,65,69)(H,66,73)(H,67,72)(H4,57,58,62)(H4,59,60,63)/t41-,42-,43-,44-/m1/s1. The van der Waals surface area contributed by atoms with Gasteiger partial charge in [0.25, 0.3) is 0 Å². The summed E-state index contributed by atoms with van der Waals surface area (Å²) in [6.07, 6.45) is 0.860. The number of hydrogen-bond acceptors (Lipinski definition) is 8. The molecule has 0 aromatic heterocycles. The fourth-order valence-electron chi connectivity index (χ4n) is 9.85. The van der Waals surface area contributed by atoms with E-state index >= 15 is 0 Å². The van der Waals surface area contributed by atoms with Crippen LogP contribution in [0.15, 0.2) is 119 Å². The first-order valence-electron chi connectivity index (χ1n) is 24.3. The van der Waals surface area contributed by atoms with Crippen molar-refractivity contribution in [1.29, 1.82) is 0 Å². The summed E-state index contributed by atoms with van der Waals surface area (Å²) in [6, 6.07) is 31.9. The van der Waals surface area contributed by atoms with E-state index in [0.29, 0.717) is 12.8 Å². The van der Waals surface area contributed by atoms with E-state index in [9.17, 15) is 28.8 Å². The normalized spacial score (nSPS) is 13.1. The Labute approximate surface area is 420 Å². The number of carbonyl (C=O) groups is 6. The summed E-state index contributed by atoms with van der Waals surface area (Å²) in [6.45, 7) is 1.54. The second kappa shape index (κ2) is 22.5. The van der Waals surface area contributed by atoms with Gasteiger partial charge in [-0.15, -0.1) is 0 Å². The van der Waals surface area contributed by atoms with Crippen LogP contribution in [-0.2, 0) is 41.6 Å². The average molecular weight is 985 g/mol. The van der Waals surface area contributed by atoms with Crippen LogP contribution in [0.1, 0.15) is 50.2 Å². The number of benzene rings is 8. The number of aliphatic imine (C=N–C) groups is 2. The molecule has 18 nitrogen and oxygen atoms in total. The molecule has 0 saturated carbocycles. The molecule has 0 unspecified atom stereocenters. The van der Waals surface area contributed by atoms with Gasteiger partial charge in [-0.1, -0.05) is 109 Å². The first-order valence-corrected chi connectivity index (χ1v) is 24.3. The first-order chi connectivity index (χ1) is 35.1. The number of nitrogens with one attached hydrogen (secondary N) is 5. The molecule has 376 valence electrons. The fraction of sp³-hybridized carbons (Fsp3) is 0.273. The SMILES string of the molecule is CC(=O)N[C@H](CCCN=C(N)N)C(=O)N[C@H](Cc1ccc2ccc3cccc4ccc1c2c34)C(=O)NCCC(=O)N[C@H](Cc1ccc2ccc3cccc4ccc1c2c34)C(=O)N[C@H](CCCN=C(N)N)C(N)=O. The predicted molar refractivity (Wildman–Crippen MR) is 288 cm³/mol. The van der Waals surface area contributed by atoms with E-state index in [0.717, 1.165) is 75.8 Å². The summed E-state index contributed by atoms with van der Waals surface area (Å²) in [4.78, 5) is 89.5. The zero-order valence-corrected chi connectivity index (χ0v) is 40.5. The van der Waals surface area contributed by atoms with E-state index in [-0.39, 0.29) is 63.7 Å². The van der Waals surface area contributed by atoms with Gasteiger partial charge in [0.15, 0.2) is 11.9 Å². The van der Waals surface area contributed by atoms with Crippen molar-refractivity contribution < 1.29 is 28.8 Å². The van der Waals surface area contributed by atoms with Crippen molar-refractivity contribution in [3.63, 3.8) is 0 Å². The van der Waals surface area contributed by atoms with E-state index in [1.165, 1.54) is 6.92 Å². The number of nitrogens with two attached hydrogens (primary N) is 5. The lowest BCUT2D eigenvalue weighted by molar-refractivity contribution is -0.132. The van der Waals surface area contributed by atoms with Gasteiger partial charge in [0.2, 0.25) is 35.4 Å². The molecule has 18 heteroatoms. The van der Waals surface area contributed by atoms with Gasteiger partial charge >= 0.3 is 0 Å². The van der Waals surface area contributed by atoms with Crippen molar-refractivity contribution >= 4 is 112 Å². The Morgan fingerprint density at radius 2 is 0.877 bits per heavy atom. The van der Waals surface area contributed by atoms with Gasteiger partial charge in [0.05, 0.1) is 0 Å². The molecule has 0 heterocycles. The molecule has 0 aliphatic heterocycles. The molecular weight excluding hydrogens is 925 g/mol. The molecule has 0 saturated heterocycles. The van der Waals surface area contributed by atoms with Gasteiger partial charge in [0, 0.05) is 45.8 Å². The van der Waals surface area contributed by atoms with Crippen LogP contribution in [0.5, 0.6) is 0 Å². The number of primary amides is 1. The Morgan fingerprint density at radius 1 is 0.466 bits per heavy atom. The van der Waals surface area contributed by atoms with Gasteiger partial charge in [-0.05, 0) is 101 Å². The van der Waals surface area contributed by atoms with Crippen molar-refractivity contribution in [2.24, 2.45) is 38.7 Å². The van der Waals surface area contributed by atoms with Crippen molar-refractivity contribution in [1.82, 2.24) is 26.6 Å². The Morgan fingerprint density at radius 3 is 1.34 bits per heavy atom. The minimum Gasteiger partial charge on any atom is -0.370 e. The van der Waals surface area contributed by atoms with Crippen LogP contribution in [0.2, 0.25) is 0 Å². The molecule has 0 spiro atoms. The highest BCUT2D eigenvalue weighted by Gasteiger charge is 2.30. The minimum atomic E-state index is -1.18. The smallest absolute Gasteiger partial charge is 0.243 e. The van der Waals surface area contributed by atoms with E-state index in [2.05, 4.69) is 54.8 Å². The van der Waals surface area contributed by atoms with Gasteiger partial charge in [-0.3, -0.25) is 38.8 Å². The van der Waals surface area contributed by atoms with Gasteiger partial charge in [-0.2, -0.15) is 0 Å². The number of guanidine groups is 2. The maximum Gasteiger partial charge on any atom is 0.243 e. The van der Waals surface area contributed by atoms with Gasteiger partial charge in [0.1, 0.15) is 24.2 Å². The lowest BCUT2D eigenvalue weighted by Gasteiger charge is -2.24. The average Bonchev–Trinajstić information content (AvgIpc) is 3.36. The number of amides is 6. The zero-order chi connectivity index (χ0) is 51.8. The summed E-state index contributed by atoms with van der Waals surface area (Å²) >= 11 is 0. The van der Waals surface area contributed by atoms with E-state index in [4.69, 9.17) is 28.7 Å². The van der Waals surface area contributed by atoms with Crippen LogP contribution < -0.4 is 55.3 Å². The molecule has 0 radical (unpaired) electrons. The minimum absolute atomic E-state index is 0.0480.